The Labute approximate surface area is 265 Å². The summed E-state index contributed by atoms with van der Waals surface area (Å²) in [7, 11) is 0. The molecule has 0 bridgehead atoms. The molecule has 0 aliphatic rings. The zero-order valence-corrected chi connectivity index (χ0v) is 25.2. The van der Waals surface area contributed by atoms with Gasteiger partial charge < -0.3 is 9.32 Å². The van der Waals surface area contributed by atoms with E-state index in [0.29, 0.717) is 0 Å². The summed E-state index contributed by atoms with van der Waals surface area (Å²) in [5, 5.41) is 4.76. The largest absolute Gasteiger partial charge is 0.455 e. The lowest BCUT2D eigenvalue weighted by Gasteiger charge is -2.26. The number of anilines is 3. The molecule has 0 aliphatic carbocycles. The first-order valence-corrected chi connectivity index (χ1v) is 16.0. The van der Waals surface area contributed by atoms with Gasteiger partial charge in [-0.15, -0.1) is 11.3 Å². The minimum atomic E-state index is 0.888. The molecule has 0 N–H and O–H groups in total. The van der Waals surface area contributed by atoms with E-state index in [1.165, 1.54) is 31.3 Å². The van der Waals surface area contributed by atoms with Gasteiger partial charge in [-0.25, -0.2) is 0 Å². The number of furan rings is 1. The van der Waals surface area contributed by atoms with Gasteiger partial charge in [0, 0.05) is 42.5 Å². The van der Waals surface area contributed by atoms with Crippen LogP contribution in [-0.2, 0) is 0 Å². The zero-order chi connectivity index (χ0) is 29.7. The first-order chi connectivity index (χ1) is 22.3. The number of hydrogen-bond donors (Lipinski definition) is 0. The second-order valence-corrected chi connectivity index (χ2v) is 12.4. The molecule has 3 heteroatoms. The van der Waals surface area contributed by atoms with Crippen LogP contribution in [0.1, 0.15) is 0 Å². The highest BCUT2D eigenvalue weighted by atomic mass is 32.1. The van der Waals surface area contributed by atoms with Crippen molar-refractivity contribution < 1.29 is 4.42 Å². The van der Waals surface area contributed by atoms with Crippen LogP contribution in [-0.4, -0.2) is 0 Å². The number of hydrogen-bond acceptors (Lipinski definition) is 3. The Kier molecular flexibility index (Phi) is 6.03. The number of nitrogens with zero attached hydrogens (tertiary/aromatic N) is 1. The Morgan fingerprint density at radius 1 is 0.444 bits per heavy atom. The van der Waals surface area contributed by atoms with E-state index in [1.54, 1.807) is 0 Å². The Balaban J connectivity index is 1.28. The van der Waals surface area contributed by atoms with Gasteiger partial charge in [0.15, 0.2) is 0 Å². The van der Waals surface area contributed by atoms with Crippen LogP contribution in [0.15, 0.2) is 168 Å². The smallest absolute Gasteiger partial charge is 0.145 e. The van der Waals surface area contributed by atoms with Crippen molar-refractivity contribution in [3.8, 4) is 22.3 Å². The minimum Gasteiger partial charge on any atom is -0.455 e. The minimum absolute atomic E-state index is 0.888. The maximum atomic E-state index is 6.64. The molecule has 0 spiro atoms. The molecule has 2 aromatic heterocycles. The molecule has 0 atom stereocenters. The molecule has 0 amide bonds. The van der Waals surface area contributed by atoms with E-state index < -0.39 is 0 Å². The fourth-order valence-electron chi connectivity index (χ4n) is 6.56. The molecule has 9 rings (SSSR count). The highest BCUT2D eigenvalue weighted by Gasteiger charge is 2.22. The number of thiophene rings is 1. The molecule has 2 nitrogen and oxygen atoms in total. The Bertz CT molecular complexity index is 2480. The third-order valence-corrected chi connectivity index (χ3v) is 9.80. The van der Waals surface area contributed by atoms with Crippen molar-refractivity contribution >= 4 is 70.5 Å². The van der Waals surface area contributed by atoms with E-state index in [0.717, 1.165) is 50.1 Å². The lowest BCUT2D eigenvalue weighted by Crippen LogP contribution is -2.10. The molecule has 0 aliphatic heterocycles. The molecule has 212 valence electrons. The highest BCUT2D eigenvalue weighted by Crippen LogP contribution is 2.47. The predicted octanol–water partition coefficient (Wildman–Crippen LogP) is 12.8. The van der Waals surface area contributed by atoms with Crippen LogP contribution in [0.3, 0.4) is 0 Å². The number of rotatable bonds is 5. The molecule has 0 fully saturated rings. The summed E-state index contributed by atoms with van der Waals surface area (Å²) in [6.45, 7) is 0. The van der Waals surface area contributed by atoms with Crippen molar-refractivity contribution in [2.24, 2.45) is 0 Å². The van der Waals surface area contributed by atoms with Gasteiger partial charge in [-0.3, -0.25) is 0 Å². The summed E-state index contributed by atoms with van der Waals surface area (Å²) in [5.74, 6) is 0. The summed E-state index contributed by atoms with van der Waals surface area (Å²) in [6.07, 6.45) is 0. The van der Waals surface area contributed by atoms with Crippen molar-refractivity contribution in [2.75, 3.05) is 4.90 Å². The van der Waals surface area contributed by atoms with E-state index in [-0.39, 0.29) is 0 Å². The van der Waals surface area contributed by atoms with Crippen molar-refractivity contribution in [1.29, 1.82) is 0 Å². The summed E-state index contributed by atoms with van der Waals surface area (Å²) in [4.78, 5) is 2.38. The molecule has 0 saturated carbocycles. The molecule has 2 heterocycles. The van der Waals surface area contributed by atoms with Crippen molar-refractivity contribution in [3.63, 3.8) is 0 Å². The molecule has 0 saturated heterocycles. The normalized spacial score (nSPS) is 11.6. The van der Waals surface area contributed by atoms with Crippen molar-refractivity contribution in [2.45, 2.75) is 0 Å². The van der Waals surface area contributed by atoms with Crippen LogP contribution < -0.4 is 4.90 Å². The lowest BCUT2D eigenvalue weighted by molar-refractivity contribution is 0.670. The molecule has 9 aromatic rings. The fourth-order valence-corrected chi connectivity index (χ4v) is 7.69. The first-order valence-electron chi connectivity index (χ1n) is 15.2. The third kappa shape index (κ3) is 4.32. The molecule has 0 radical (unpaired) electrons. The second kappa shape index (κ2) is 10.5. The maximum absolute atomic E-state index is 6.64. The van der Waals surface area contributed by atoms with Crippen LogP contribution in [0.5, 0.6) is 0 Å². The van der Waals surface area contributed by atoms with Gasteiger partial charge in [-0.1, -0.05) is 109 Å². The maximum Gasteiger partial charge on any atom is 0.145 e. The van der Waals surface area contributed by atoms with Crippen molar-refractivity contribution in [1.82, 2.24) is 0 Å². The summed E-state index contributed by atoms with van der Waals surface area (Å²) in [6, 6.07) is 58.3. The Hall–Kier alpha value is -5.64. The SMILES string of the molecule is c1ccc(-c2ccc3c(c2)sc2ccc(N(c4ccccc4)c4ccc(-c5ccccc5)c5oc6ccccc6c45)cc23)cc1. The van der Waals surface area contributed by atoms with E-state index in [9.17, 15) is 0 Å². The first kappa shape index (κ1) is 25.8. The third-order valence-electron chi connectivity index (χ3n) is 8.66. The molecular weight excluding hydrogens is 567 g/mol. The van der Waals surface area contributed by atoms with E-state index >= 15 is 0 Å². The highest BCUT2D eigenvalue weighted by molar-refractivity contribution is 7.25. The van der Waals surface area contributed by atoms with Crippen LogP contribution >= 0.6 is 11.3 Å². The lowest BCUT2D eigenvalue weighted by atomic mass is 9.99. The van der Waals surface area contributed by atoms with Crippen LogP contribution in [0.25, 0.3) is 64.4 Å². The van der Waals surface area contributed by atoms with Gasteiger partial charge in [-0.05, 0) is 71.3 Å². The van der Waals surface area contributed by atoms with Gasteiger partial charge in [-0.2, -0.15) is 0 Å². The Morgan fingerprint density at radius 2 is 1.16 bits per heavy atom. The van der Waals surface area contributed by atoms with E-state index in [4.69, 9.17) is 4.42 Å². The second-order valence-electron chi connectivity index (χ2n) is 11.3. The molecule has 45 heavy (non-hydrogen) atoms. The summed E-state index contributed by atoms with van der Waals surface area (Å²) < 4.78 is 9.22. The van der Waals surface area contributed by atoms with E-state index in [2.05, 4.69) is 163 Å². The monoisotopic (exact) mass is 593 g/mol. The number of benzene rings is 7. The average Bonchev–Trinajstić information content (AvgIpc) is 3.68. The van der Waals surface area contributed by atoms with Gasteiger partial charge in [0.05, 0.1) is 11.1 Å². The average molecular weight is 594 g/mol. The Morgan fingerprint density at radius 3 is 1.96 bits per heavy atom. The fraction of sp³-hybridized carbons (Fsp3) is 0. The molecule has 0 unspecified atom stereocenters. The quantitative estimate of drug-likeness (QED) is 0.197. The summed E-state index contributed by atoms with van der Waals surface area (Å²) >= 11 is 1.85. The van der Waals surface area contributed by atoms with E-state index in [1.807, 2.05) is 17.4 Å². The molecule has 7 aromatic carbocycles. The van der Waals surface area contributed by atoms with Crippen LogP contribution in [0.4, 0.5) is 17.1 Å². The van der Waals surface area contributed by atoms with Gasteiger partial charge in [0.25, 0.3) is 0 Å². The standard InChI is InChI=1S/C42H27NOS/c1-4-12-28(13-5-1)30-20-22-34-36-27-32(21-25-39(36)45-40(34)26-30)43(31-16-8-3-9-17-31)37-24-23-33(29-14-6-2-7-15-29)42-41(37)35-18-10-11-19-38(35)44-42/h1-27H. The molecular formula is C42H27NOS. The topological polar surface area (TPSA) is 16.4 Å². The van der Waals surface area contributed by atoms with Crippen LogP contribution in [0, 0.1) is 0 Å². The number of para-hydroxylation sites is 2. The van der Waals surface area contributed by atoms with Gasteiger partial charge in [0.2, 0.25) is 0 Å². The predicted molar refractivity (Wildman–Crippen MR) is 192 cm³/mol. The van der Waals surface area contributed by atoms with Crippen LogP contribution in [0.2, 0.25) is 0 Å². The zero-order valence-electron chi connectivity index (χ0n) is 24.4. The van der Waals surface area contributed by atoms with Gasteiger partial charge in [0.1, 0.15) is 11.2 Å². The number of fused-ring (bicyclic) bond motifs is 6. The summed E-state index contributed by atoms with van der Waals surface area (Å²) in [5.41, 5.74) is 9.80. The van der Waals surface area contributed by atoms with Crippen molar-refractivity contribution in [3.05, 3.63) is 164 Å². The van der Waals surface area contributed by atoms with Gasteiger partial charge >= 0.3 is 0 Å².